The summed E-state index contributed by atoms with van der Waals surface area (Å²) >= 11 is 0. The van der Waals surface area contributed by atoms with Crippen molar-refractivity contribution in [1.82, 2.24) is 10.2 Å². The van der Waals surface area contributed by atoms with Crippen LogP contribution in [0, 0.1) is 11.3 Å². The maximum Gasteiger partial charge on any atom is 0.0615 e. The fraction of sp³-hybridized carbons (Fsp3) is 1.00. The first-order chi connectivity index (χ1) is 8.27. The third-order valence-electron chi connectivity index (χ3n) is 4.18. The van der Waals surface area contributed by atoms with Gasteiger partial charge in [0.25, 0.3) is 0 Å². The zero-order valence-electron chi connectivity index (χ0n) is 13.3. The quantitative estimate of drug-likeness (QED) is 0.836. The summed E-state index contributed by atoms with van der Waals surface area (Å²) in [6, 6.07) is 1.68. The Labute approximate surface area is 113 Å². The van der Waals surface area contributed by atoms with Crippen molar-refractivity contribution < 1.29 is 4.74 Å². The molecule has 1 N–H and O–H groups in total. The Morgan fingerprint density at radius 1 is 1.28 bits per heavy atom. The zero-order valence-corrected chi connectivity index (χ0v) is 13.3. The van der Waals surface area contributed by atoms with E-state index in [9.17, 15) is 0 Å². The second kappa shape index (κ2) is 6.36. The van der Waals surface area contributed by atoms with E-state index in [4.69, 9.17) is 4.74 Å². The molecular formula is C15H32N2O. The van der Waals surface area contributed by atoms with Crippen LogP contribution >= 0.6 is 0 Å². The Hall–Kier alpha value is -0.120. The SMILES string of the molecule is COCC(C)N1CC(C(C)(C)C)NCC1C(C)C. The zero-order chi connectivity index (χ0) is 13.9. The van der Waals surface area contributed by atoms with Crippen LogP contribution in [0.3, 0.4) is 0 Å². The van der Waals surface area contributed by atoms with Crippen LogP contribution in [0.5, 0.6) is 0 Å². The normalized spacial score (nSPS) is 28.7. The van der Waals surface area contributed by atoms with Crippen LogP contribution in [0.4, 0.5) is 0 Å². The number of ether oxygens (including phenoxy) is 1. The Kier molecular flexibility index (Phi) is 5.63. The number of piperazine rings is 1. The molecule has 1 heterocycles. The first-order valence-electron chi connectivity index (χ1n) is 7.25. The van der Waals surface area contributed by atoms with Gasteiger partial charge in [-0.2, -0.15) is 0 Å². The molecule has 0 aromatic heterocycles. The van der Waals surface area contributed by atoms with Gasteiger partial charge in [-0.1, -0.05) is 34.6 Å². The summed E-state index contributed by atoms with van der Waals surface area (Å²) in [6.07, 6.45) is 0. The molecule has 1 aliphatic heterocycles. The minimum absolute atomic E-state index is 0.312. The van der Waals surface area contributed by atoms with E-state index in [-0.39, 0.29) is 0 Å². The molecule has 1 fully saturated rings. The molecule has 0 amide bonds. The van der Waals surface area contributed by atoms with E-state index >= 15 is 0 Å². The van der Waals surface area contributed by atoms with E-state index in [1.165, 1.54) is 0 Å². The number of hydrogen-bond donors (Lipinski definition) is 1. The number of hydrogen-bond acceptors (Lipinski definition) is 3. The molecule has 3 nitrogen and oxygen atoms in total. The lowest BCUT2D eigenvalue weighted by Crippen LogP contribution is -2.64. The van der Waals surface area contributed by atoms with Gasteiger partial charge in [0, 0.05) is 38.3 Å². The monoisotopic (exact) mass is 256 g/mol. The van der Waals surface area contributed by atoms with E-state index < -0.39 is 0 Å². The topological polar surface area (TPSA) is 24.5 Å². The maximum absolute atomic E-state index is 5.34. The van der Waals surface area contributed by atoms with Gasteiger partial charge < -0.3 is 10.1 Å². The molecule has 0 radical (unpaired) electrons. The lowest BCUT2D eigenvalue weighted by Gasteiger charge is -2.48. The van der Waals surface area contributed by atoms with Crippen molar-refractivity contribution in [2.24, 2.45) is 11.3 Å². The van der Waals surface area contributed by atoms with Crippen LogP contribution in [0.2, 0.25) is 0 Å². The average Bonchev–Trinajstić information content (AvgIpc) is 2.27. The van der Waals surface area contributed by atoms with Crippen molar-refractivity contribution in [3.63, 3.8) is 0 Å². The van der Waals surface area contributed by atoms with E-state index in [2.05, 4.69) is 51.8 Å². The molecule has 3 unspecified atom stereocenters. The molecule has 18 heavy (non-hydrogen) atoms. The summed E-state index contributed by atoms with van der Waals surface area (Å²) in [5, 5.41) is 3.73. The van der Waals surface area contributed by atoms with Crippen molar-refractivity contribution in [3.8, 4) is 0 Å². The van der Waals surface area contributed by atoms with Crippen molar-refractivity contribution in [1.29, 1.82) is 0 Å². The highest BCUT2D eigenvalue weighted by Gasteiger charge is 2.36. The molecule has 0 bridgehead atoms. The van der Waals surface area contributed by atoms with Crippen LogP contribution in [-0.4, -0.2) is 49.8 Å². The van der Waals surface area contributed by atoms with Crippen LogP contribution in [0.1, 0.15) is 41.5 Å². The predicted octanol–water partition coefficient (Wildman–Crippen LogP) is 2.37. The average molecular weight is 256 g/mol. The van der Waals surface area contributed by atoms with Crippen LogP contribution in [0.15, 0.2) is 0 Å². The third kappa shape index (κ3) is 3.94. The molecule has 0 aromatic carbocycles. The van der Waals surface area contributed by atoms with E-state index in [0.29, 0.717) is 29.5 Å². The summed E-state index contributed by atoms with van der Waals surface area (Å²) in [4.78, 5) is 2.64. The molecule has 1 saturated heterocycles. The first kappa shape index (κ1) is 15.9. The summed E-state index contributed by atoms with van der Waals surface area (Å²) < 4.78 is 5.34. The largest absolute Gasteiger partial charge is 0.383 e. The van der Waals surface area contributed by atoms with Gasteiger partial charge in [-0.3, -0.25) is 4.90 Å². The smallest absolute Gasteiger partial charge is 0.0615 e. The fourth-order valence-corrected chi connectivity index (χ4v) is 2.83. The Balaban J connectivity index is 2.76. The molecule has 3 heteroatoms. The molecule has 0 aromatic rings. The first-order valence-corrected chi connectivity index (χ1v) is 7.25. The fourth-order valence-electron chi connectivity index (χ4n) is 2.83. The van der Waals surface area contributed by atoms with Crippen LogP contribution < -0.4 is 5.32 Å². The van der Waals surface area contributed by atoms with Gasteiger partial charge in [-0.25, -0.2) is 0 Å². The summed E-state index contributed by atoms with van der Waals surface area (Å²) in [5.74, 6) is 0.678. The predicted molar refractivity (Wildman–Crippen MR) is 77.9 cm³/mol. The lowest BCUT2D eigenvalue weighted by atomic mass is 9.83. The molecule has 0 aliphatic carbocycles. The van der Waals surface area contributed by atoms with E-state index in [1.807, 2.05) is 0 Å². The van der Waals surface area contributed by atoms with Crippen molar-refractivity contribution in [2.45, 2.75) is 59.7 Å². The molecule has 1 rings (SSSR count). The molecule has 0 saturated carbocycles. The number of nitrogens with one attached hydrogen (secondary N) is 1. The molecule has 0 spiro atoms. The Morgan fingerprint density at radius 3 is 2.33 bits per heavy atom. The molecule has 108 valence electrons. The molecule has 1 aliphatic rings. The standard InChI is InChI=1S/C15H32N2O/c1-11(2)13-8-16-14(15(4,5)6)9-17(13)12(3)10-18-7/h11-14,16H,8-10H2,1-7H3. The second-order valence-corrected chi connectivity index (χ2v) is 7.14. The van der Waals surface area contributed by atoms with Gasteiger partial charge in [0.05, 0.1) is 6.61 Å². The summed E-state index contributed by atoms with van der Waals surface area (Å²) in [6.45, 7) is 16.9. The highest BCUT2D eigenvalue weighted by atomic mass is 16.5. The summed E-state index contributed by atoms with van der Waals surface area (Å²) in [5.41, 5.74) is 0.312. The van der Waals surface area contributed by atoms with Gasteiger partial charge in [0.2, 0.25) is 0 Å². The minimum Gasteiger partial charge on any atom is -0.383 e. The minimum atomic E-state index is 0.312. The number of rotatable bonds is 4. The van der Waals surface area contributed by atoms with Crippen molar-refractivity contribution in [2.75, 3.05) is 26.8 Å². The van der Waals surface area contributed by atoms with E-state index in [1.54, 1.807) is 7.11 Å². The molecular weight excluding hydrogens is 224 g/mol. The van der Waals surface area contributed by atoms with E-state index in [0.717, 1.165) is 19.7 Å². The highest BCUT2D eigenvalue weighted by molar-refractivity contribution is 4.94. The van der Waals surface area contributed by atoms with Gasteiger partial charge in [-0.05, 0) is 18.3 Å². The van der Waals surface area contributed by atoms with Gasteiger partial charge in [-0.15, -0.1) is 0 Å². The van der Waals surface area contributed by atoms with Gasteiger partial charge in [0.15, 0.2) is 0 Å². The highest BCUT2D eigenvalue weighted by Crippen LogP contribution is 2.26. The molecule has 3 atom stereocenters. The Bertz CT molecular complexity index is 247. The third-order valence-corrected chi connectivity index (χ3v) is 4.18. The number of methoxy groups -OCH3 is 1. The number of nitrogens with zero attached hydrogens (tertiary/aromatic N) is 1. The second-order valence-electron chi connectivity index (χ2n) is 7.14. The lowest BCUT2D eigenvalue weighted by molar-refractivity contribution is 0.00625. The van der Waals surface area contributed by atoms with Crippen LogP contribution in [-0.2, 0) is 4.74 Å². The van der Waals surface area contributed by atoms with Gasteiger partial charge >= 0.3 is 0 Å². The Morgan fingerprint density at radius 2 is 1.89 bits per heavy atom. The van der Waals surface area contributed by atoms with Crippen molar-refractivity contribution in [3.05, 3.63) is 0 Å². The van der Waals surface area contributed by atoms with Crippen molar-refractivity contribution >= 4 is 0 Å². The van der Waals surface area contributed by atoms with Gasteiger partial charge in [0.1, 0.15) is 0 Å². The van der Waals surface area contributed by atoms with Crippen LogP contribution in [0.25, 0.3) is 0 Å². The maximum atomic E-state index is 5.34. The summed E-state index contributed by atoms with van der Waals surface area (Å²) in [7, 11) is 1.80.